The average Bonchev–Trinajstić information content (AvgIpc) is 3.01. The number of carbonyl (C=O) groups is 1. The fourth-order valence-corrected chi connectivity index (χ4v) is 3.75. The highest BCUT2D eigenvalue weighted by molar-refractivity contribution is 5.82. The van der Waals surface area contributed by atoms with Crippen LogP contribution in [0.2, 0.25) is 0 Å². The smallest absolute Gasteiger partial charge is 0.238 e. The maximum Gasteiger partial charge on any atom is 0.238 e. The van der Waals surface area contributed by atoms with Gasteiger partial charge in [0.1, 0.15) is 17.6 Å². The van der Waals surface area contributed by atoms with Crippen LogP contribution in [0.4, 0.5) is 4.39 Å². The molecule has 4 nitrogen and oxygen atoms in total. The summed E-state index contributed by atoms with van der Waals surface area (Å²) in [5, 5.41) is 1.60. The third-order valence-corrected chi connectivity index (χ3v) is 4.89. The largest absolute Gasteiger partial charge is 0.497 e. The highest BCUT2D eigenvalue weighted by Gasteiger charge is 2.38. The number of fused-ring (bicyclic) bond motifs is 2. The molecule has 2 aliphatic rings. The molecule has 0 fully saturated rings. The molecular formula is C20H19FN2O2. The summed E-state index contributed by atoms with van der Waals surface area (Å²) in [6.07, 6.45) is 1.68. The number of hydrogen-bond acceptors (Lipinski definition) is 3. The molecule has 0 radical (unpaired) electrons. The summed E-state index contributed by atoms with van der Waals surface area (Å²) in [4.78, 5) is 12.2. The second-order valence-electron chi connectivity index (χ2n) is 6.38. The second kappa shape index (κ2) is 5.92. The number of halogens is 1. The molecule has 2 aromatic carbocycles. The fraction of sp³-hybridized carbons (Fsp3) is 0.250. The van der Waals surface area contributed by atoms with Crippen molar-refractivity contribution in [3.05, 3.63) is 70.5 Å². The minimum Gasteiger partial charge on any atom is -0.497 e. The van der Waals surface area contributed by atoms with Gasteiger partial charge in [-0.3, -0.25) is 10.2 Å². The number of benzene rings is 2. The molecule has 1 unspecified atom stereocenters. The molecule has 0 bridgehead atoms. The van der Waals surface area contributed by atoms with Gasteiger partial charge >= 0.3 is 0 Å². The third-order valence-electron chi connectivity index (χ3n) is 4.89. The fourth-order valence-electron chi connectivity index (χ4n) is 3.75. The number of amides is 1. The molecule has 0 saturated heterocycles. The van der Waals surface area contributed by atoms with Gasteiger partial charge in [-0.2, -0.15) is 0 Å². The van der Waals surface area contributed by atoms with Crippen molar-refractivity contribution in [2.24, 2.45) is 0 Å². The molecule has 5 heteroatoms. The standard InChI is InChI=1S/C20H19FN2O2/c1-12(24)23-20(14-4-3-5-15(21)10-14)18-8-6-13-11-16(25-2)7-9-17(13)19(18)22-23/h3-5,7,9-11,20,22H,6,8H2,1-2H3. The highest BCUT2D eigenvalue weighted by atomic mass is 19.1. The summed E-state index contributed by atoms with van der Waals surface area (Å²) in [6.45, 7) is 1.52. The lowest BCUT2D eigenvalue weighted by Crippen LogP contribution is -2.38. The Labute approximate surface area is 145 Å². The topological polar surface area (TPSA) is 41.6 Å². The number of methoxy groups -OCH3 is 1. The zero-order chi connectivity index (χ0) is 17.6. The molecule has 1 N–H and O–H groups in total. The highest BCUT2D eigenvalue weighted by Crippen LogP contribution is 2.44. The van der Waals surface area contributed by atoms with Crippen molar-refractivity contribution in [1.29, 1.82) is 0 Å². The summed E-state index contributed by atoms with van der Waals surface area (Å²) in [7, 11) is 1.65. The molecule has 128 valence electrons. The summed E-state index contributed by atoms with van der Waals surface area (Å²) < 4.78 is 19.1. The number of ether oxygens (including phenoxy) is 1. The normalized spacial score (nSPS) is 18.5. The molecule has 0 spiro atoms. The van der Waals surface area contributed by atoms with E-state index in [2.05, 4.69) is 5.43 Å². The molecule has 25 heavy (non-hydrogen) atoms. The Balaban J connectivity index is 1.83. The van der Waals surface area contributed by atoms with Gasteiger partial charge in [-0.1, -0.05) is 12.1 Å². The molecule has 0 saturated carbocycles. The number of rotatable bonds is 2. The van der Waals surface area contributed by atoms with Crippen LogP contribution in [0.1, 0.15) is 36.1 Å². The van der Waals surface area contributed by atoms with Crippen molar-refractivity contribution < 1.29 is 13.9 Å². The maximum atomic E-state index is 13.7. The van der Waals surface area contributed by atoms with Crippen LogP contribution in [0.3, 0.4) is 0 Å². The first-order valence-corrected chi connectivity index (χ1v) is 8.30. The van der Waals surface area contributed by atoms with Gasteiger partial charge in [0.2, 0.25) is 5.91 Å². The van der Waals surface area contributed by atoms with Crippen LogP contribution >= 0.6 is 0 Å². The Bertz CT molecular complexity index is 891. The SMILES string of the molecule is COc1ccc2c(c1)CCC1=C2NN(C(C)=O)C1c1cccc(F)c1. The molecule has 1 amide bonds. The minimum absolute atomic E-state index is 0.0984. The van der Waals surface area contributed by atoms with Crippen LogP contribution in [0, 0.1) is 5.82 Å². The molecule has 0 aromatic heterocycles. The molecular weight excluding hydrogens is 319 g/mol. The van der Waals surface area contributed by atoms with E-state index in [-0.39, 0.29) is 17.8 Å². The van der Waals surface area contributed by atoms with E-state index in [1.54, 1.807) is 18.2 Å². The van der Waals surface area contributed by atoms with Gasteiger partial charge in [-0.05, 0) is 59.9 Å². The Kier molecular flexibility index (Phi) is 3.71. The van der Waals surface area contributed by atoms with Crippen molar-refractivity contribution in [3.8, 4) is 5.75 Å². The quantitative estimate of drug-likeness (QED) is 0.910. The summed E-state index contributed by atoms with van der Waals surface area (Å²) >= 11 is 0. The lowest BCUT2D eigenvalue weighted by molar-refractivity contribution is -0.132. The van der Waals surface area contributed by atoms with E-state index in [0.29, 0.717) is 0 Å². The van der Waals surface area contributed by atoms with Crippen LogP contribution in [0.25, 0.3) is 5.70 Å². The van der Waals surface area contributed by atoms with Gasteiger partial charge in [0, 0.05) is 12.5 Å². The van der Waals surface area contributed by atoms with E-state index < -0.39 is 0 Å². The van der Waals surface area contributed by atoms with Gasteiger partial charge in [-0.25, -0.2) is 9.40 Å². The summed E-state index contributed by atoms with van der Waals surface area (Å²) in [5.41, 5.74) is 8.38. The lowest BCUT2D eigenvalue weighted by atomic mass is 9.85. The zero-order valence-corrected chi connectivity index (χ0v) is 14.2. The van der Waals surface area contributed by atoms with Crippen LogP contribution in [-0.2, 0) is 11.2 Å². The number of hydrazine groups is 1. The number of nitrogens with one attached hydrogen (secondary N) is 1. The minimum atomic E-state index is -0.295. The van der Waals surface area contributed by atoms with Gasteiger partial charge in [0.05, 0.1) is 12.8 Å². The predicted molar refractivity (Wildman–Crippen MR) is 93.0 cm³/mol. The first-order chi connectivity index (χ1) is 12.1. The van der Waals surface area contributed by atoms with Gasteiger partial charge in [0.25, 0.3) is 0 Å². The van der Waals surface area contributed by atoms with E-state index in [1.165, 1.54) is 24.6 Å². The summed E-state index contributed by atoms with van der Waals surface area (Å²) in [5.74, 6) is 0.431. The molecule has 1 aliphatic heterocycles. The van der Waals surface area contributed by atoms with Gasteiger partial charge < -0.3 is 4.74 Å². The van der Waals surface area contributed by atoms with E-state index in [9.17, 15) is 9.18 Å². The number of carbonyl (C=O) groups excluding carboxylic acids is 1. The van der Waals surface area contributed by atoms with Crippen molar-refractivity contribution >= 4 is 11.6 Å². The van der Waals surface area contributed by atoms with Crippen molar-refractivity contribution in [2.45, 2.75) is 25.8 Å². The van der Waals surface area contributed by atoms with E-state index in [4.69, 9.17) is 4.74 Å². The van der Waals surface area contributed by atoms with Crippen molar-refractivity contribution in [2.75, 3.05) is 7.11 Å². The molecule has 1 heterocycles. The van der Waals surface area contributed by atoms with Gasteiger partial charge in [0.15, 0.2) is 0 Å². The Morgan fingerprint density at radius 3 is 2.80 bits per heavy atom. The van der Waals surface area contributed by atoms with Crippen LogP contribution in [0.5, 0.6) is 5.75 Å². The molecule has 2 aromatic rings. The van der Waals surface area contributed by atoms with Crippen LogP contribution in [0.15, 0.2) is 48.0 Å². The first-order valence-electron chi connectivity index (χ1n) is 8.30. The number of nitrogens with zero attached hydrogens (tertiary/aromatic N) is 1. The molecule has 1 aliphatic carbocycles. The van der Waals surface area contributed by atoms with E-state index in [0.717, 1.165) is 41.0 Å². The maximum absolute atomic E-state index is 13.7. The van der Waals surface area contributed by atoms with E-state index in [1.807, 2.05) is 24.3 Å². The number of aryl methyl sites for hydroxylation is 1. The Morgan fingerprint density at radius 1 is 1.24 bits per heavy atom. The average molecular weight is 338 g/mol. The molecule has 4 rings (SSSR count). The Morgan fingerprint density at radius 2 is 2.08 bits per heavy atom. The first kappa shape index (κ1) is 15.7. The number of hydrogen-bond donors (Lipinski definition) is 1. The van der Waals surface area contributed by atoms with Crippen molar-refractivity contribution in [3.63, 3.8) is 0 Å². The summed E-state index contributed by atoms with van der Waals surface area (Å²) in [6, 6.07) is 12.2. The second-order valence-corrected chi connectivity index (χ2v) is 6.38. The monoisotopic (exact) mass is 338 g/mol. The Hall–Kier alpha value is -2.82. The lowest BCUT2D eigenvalue weighted by Gasteiger charge is -2.25. The van der Waals surface area contributed by atoms with Crippen molar-refractivity contribution in [1.82, 2.24) is 10.4 Å². The van der Waals surface area contributed by atoms with Gasteiger partial charge in [-0.15, -0.1) is 0 Å². The third kappa shape index (κ3) is 2.56. The molecule has 1 atom stereocenters. The van der Waals surface area contributed by atoms with Crippen LogP contribution in [-0.4, -0.2) is 18.0 Å². The van der Waals surface area contributed by atoms with E-state index >= 15 is 0 Å². The van der Waals surface area contributed by atoms with Crippen LogP contribution < -0.4 is 10.2 Å². The predicted octanol–water partition coefficient (Wildman–Crippen LogP) is 3.60. The zero-order valence-electron chi connectivity index (χ0n) is 14.2.